The molecule has 12 heteroatoms. The van der Waals surface area contributed by atoms with E-state index in [0.717, 1.165) is 0 Å². The van der Waals surface area contributed by atoms with E-state index in [0.29, 0.717) is 43.5 Å². The van der Waals surface area contributed by atoms with Crippen LogP contribution in [0.1, 0.15) is 51.5 Å². The molecule has 214 valence electrons. The summed E-state index contributed by atoms with van der Waals surface area (Å²) in [6.07, 6.45) is 4.07. The summed E-state index contributed by atoms with van der Waals surface area (Å²) in [7, 11) is 0. The smallest absolute Gasteiger partial charge is 0.326 e. The van der Waals surface area contributed by atoms with Crippen LogP contribution < -0.4 is 27.4 Å². The van der Waals surface area contributed by atoms with Crippen molar-refractivity contribution in [1.82, 2.24) is 16.0 Å². The van der Waals surface area contributed by atoms with Crippen molar-refractivity contribution in [3.05, 3.63) is 29.8 Å². The van der Waals surface area contributed by atoms with Crippen LogP contribution in [-0.2, 0) is 25.6 Å². The number of carboxylic acid groups (broad SMARTS) is 1. The zero-order chi connectivity index (χ0) is 28.7. The van der Waals surface area contributed by atoms with Gasteiger partial charge in [0.15, 0.2) is 0 Å². The molecule has 0 saturated carbocycles. The highest BCUT2D eigenvalue weighted by Crippen LogP contribution is 2.12. The van der Waals surface area contributed by atoms with Crippen LogP contribution in [0.15, 0.2) is 24.3 Å². The van der Waals surface area contributed by atoms with E-state index in [4.69, 9.17) is 11.5 Å². The first-order valence-electron chi connectivity index (χ1n) is 12.8. The number of hydrogen-bond donors (Lipinski definition) is 7. The second-order valence-corrected chi connectivity index (χ2v) is 10.7. The first kappa shape index (κ1) is 33.2. The highest BCUT2D eigenvalue weighted by Gasteiger charge is 2.30. The number of nitrogens with two attached hydrogens (primary N) is 2. The maximum atomic E-state index is 13.2. The first-order chi connectivity index (χ1) is 18.0. The molecule has 4 unspecified atom stereocenters. The average Bonchev–Trinajstić information content (AvgIpc) is 2.85. The van der Waals surface area contributed by atoms with Gasteiger partial charge in [0.1, 0.15) is 23.9 Å². The van der Waals surface area contributed by atoms with Gasteiger partial charge in [-0.3, -0.25) is 14.4 Å². The number of unbranched alkanes of at least 4 members (excludes halogenated alkanes) is 1. The molecule has 0 aliphatic rings. The van der Waals surface area contributed by atoms with Crippen molar-refractivity contribution in [1.29, 1.82) is 0 Å². The number of hydrogen-bond acceptors (Lipinski definition) is 8. The molecule has 9 N–H and O–H groups in total. The molecular formula is C26H43N5O6S. The summed E-state index contributed by atoms with van der Waals surface area (Å²) >= 11 is 1.51. The zero-order valence-electron chi connectivity index (χ0n) is 22.4. The Bertz CT molecular complexity index is 899. The fourth-order valence-electron chi connectivity index (χ4n) is 3.77. The van der Waals surface area contributed by atoms with Gasteiger partial charge in [0.25, 0.3) is 0 Å². The lowest BCUT2D eigenvalue weighted by Gasteiger charge is -2.25. The van der Waals surface area contributed by atoms with E-state index in [9.17, 15) is 29.4 Å². The summed E-state index contributed by atoms with van der Waals surface area (Å²) in [6, 6.07) is 2.08. The monoisotopic (exact) mass is 553 g/mol. The van der Waals surface area contributed by atoms with Crippen LogP contribution in [0.25, 0.3) is 0 Å². The Kier molecular flexibility index (Phi) is 15.4. The van der Waals surface area contributed by atoms with E-state index < -0.39 is 47.9 Å². The highest BCUT2D eigenvalue weighted by atomic mass is 32.2. The fourth-order valence-corrected chi connectivity index (χ4v) is 4.24. The molecule has 0 aliphatic heterocycles. The van der Waals surface area contributed by atoms with Crippen LogP contribution in [0.2, 0.25) is 0 Å². The van der Waals surface area contributed by atoms with Gasteiger partial charge < -0.3 is 37.6 Å². The number of aliphatic carboxylic acids is 1. The zero-order valence-corrected chi connectivity index (χ0v) is 23.3. The van der Waals surface area contributed by atoms with Crippen LogP contribution in [0.4, 0.5) is 0 Å². The van der Waals surface area contributed by atoms with Crippen molar-refractivity contribution < 1.29 is 29.4 Å². The SMILES string of the molecule is CSCCC(NC(=O)C(N)CC(C)C)C(=O)NC(CCCCN)C(=O)NC(Cc1ccc(O)cc1)C(=O)O. The van der Waals surface area contributed by atoms with Crippen LogP contribution in [0.5, 0.6) is 5.75 Å². The highest BCUT2D eigenvalue weighted by molar-refractivity contribution is 7.98. The number of nitrogens with one attached hydrogen (secondary N) is 3. The number of rotatable bonds is 18. The minimum Gasteiger partial charge on any atom is -0.508 e. The average molecular weight is 554 g/mol. The van der Waals surface area contributed by atoms with E-state index >= 15 is 0 Å². The van der Waals surface area contributed by atoms with Crippen LogP contribution in [0, 0.1) is 5.92 Å². The van der Waals surface area contributed by atoms with Crippen molar-refractivity contribution in [2.45, 2.75) is 76.5 Å². The first-order valence-corrected chi connectivity index (χ1v) is 14.2. The minimum atomic E-state index is -1.25. The second-order valence-electron chi connectivity index (χ2n) is 9.69. The fraction of sp³-hybridized carbons (Fsp3) is 0.615. The molecule has 1 aromatic rings. The van der Waals surface area contributed by atoms with Crippen molar-refractivity contribution >= 4 is 35.5 Å². The van der Waals surface area contributed by atoms with Gasteiger partial charge >= 0.3 is 5.97 Å². The molecular weight excluding hydrogens is 510 g/mol. The van der Waals surface area contributed by atoms with Crippen molar-refractivity contribution in [2.75, 3.05) is 18.6 Å². The van der Waals surface area contributed by atoms with Gasteiger partial charge in [-0.25, -0.2) is 4.79 Å². The maximum absolute atomic E-state index is 13.2. The van der Waals surface area contributed by atoms with Gasteiger partial charge in [-0.1, -0.05) is 26.0 Å². The van der Waals surface area contributed by atoms with Gasteiger partial charge in [-0.2, -0.15) is 11.8 Å². The number of carbonyl (C=O) groups excluding carboxylic acids is 3. The minimum absolute atomic E-state index is 0.00896. The lowest BCUT2D eigenvalue weighted by Crippen LogP contribution is -2.57. The maximum Gasteiger partial charge on any atom is 0.326 e. The lowest BCUT2D eigenvalue weighted by atomic mass is 10.0. The van der Waals surface area contributed by atoms with Crippen molar-refractivity contribution in [3.8, 4) is 5.75 Å². The summed E-state index contributed by atoms with van der Waals surface area (Å²) in [5.74, 6) is -2.02. The number of thioether (sulfide) groups is 1. The summed E-state index contributed by atoms with van der Waals surface area (Å²) in [5.41, 5.74) is 12.2. The number of benzene rings is 1. The Balaban J connectivity index is 3.00. The van der Waals surface area contributed by atoms with E-state index in [1.165, 1.54) is 23.9 Å². The molecule has 0 saturated heterocycles. The van der Waals surface area contributed by atoms with Gasteiger partial charge in [0, 0.05) is 6.42 Å². The number of carboxylic acids is 1. The Hall–Kier alpha value is -2.83. The Morgan fingerprint density at radius 2 is 1.45 bits per heavy atom. The number of amides is 3. The van der Waals surface area contributed by atoms with Crippen molar-refractivity contribution in [2.24, 2.45) is 17.4 Å². The second kappa shape index (κ2) is 17.6. The molecule has 0 aromatic heterocycles. The third kappa shape index (κ3) is 12.6. The Morgan fingerprint density at radius 3 is 1.97 bits per heavy atom. The van der Waals surface area contributed by atoms with Crippen LogP contribution in [-0.4, -0.2) is 76.6 Å². The number of phenolic OH excluding ortho intramolecular Hbond substituents is 1. The molecule has 1 rings (SSSR count). The summed E-state index contributed by atoms with van der Waals surface area (Å²) in [4.78, 5) is 50.8. The molecule has 0 radical (unpaired) electrons. The van der Waals surface area contributed by atoms with E-state index in [1.54, 1.807) is 12.1 Å². The largest absolute Gasteiger partial charge is 0.508 e. The van der Waals surface area contributed by atoms with Gasteiger partial charge in [0.2, 0.25) is 17.7 Å². The topological polar surface area (TPSA) is 197 Å². The summed E-state index contributed by atoms with van der Waals surface area (Å²) in [6.45, 7) is 4.30. The molecule has 11 nitrogen and oxygen atoms in total. The number of aromatic hydroxyl groups is 1. The summed E-state index contributed by atoms with van der Waals surface area (Å²) < 4.78 is 0. The molecule has 0 aliphatic carbocycles. The standard InChI is InChI=1S/C26H43N5O6S/c1-16(2)14-19(28)23(33)29-21(11-13-38-3)25(35)30-20(6-4-5-12-27)24(34)31-22(26(36)37)15-17-7-9-18(32)10-8-17/h7-10,16,19-22,32H,4-6,11-15,27-28H2,1-3H3,(H,29,33)(H,30,35)(H,31,34)(H,36,37). The molecule has 0 fully saturated rings. The third-order valence-corrected chi connectivity index (χ3v) is 6.52. The normalized spacial score (nSPS) is 14.3. The van der Waals surface area contributed by atoms with Gasteiger partial charge in [0.05, 0.1) is 6.04 Å². The number of phenols is 1. The Labute approximate surface area is 228 Å². The lowest BCUT2D eigenvalue weighted by molar-refractivity contribution is -0.142. The molecule has 3 amide bonds. The molecule has 0 spiro atoms. The van der Waals surface area contributed by atoms with Gasteiger partial charge in [-0.05, 0) is 74.3 Å². The van der Waals surface area contributed by atoms with Gasteiger partial charge in [-0.15, -0.1) is 0 Å². The van der Waals surface area contributed by atoms with E-state index in [-0.39, 0.29) is 24.5 Å². The molecule has 1 aromatic carbocycles. The van der Waals surface area contributed by atoms with Crippen molar-refractivity contribution in [3.63, 3.8) is 0 Å². The molecule has 38 heavy (non-hydrogen) atoms. The molecule has 0 heterocycles. The van der Waals surface area contributed by atoms with E-state index in [2.05, 4.69) is 16.0 Å². The number of carbonyl (C=O) groups is 4. The quantitative estimate of drug-likeness (QED) is 0.128. The van der Waals surface area contributed by atoms with Crippen LogP contribution in [0.3, 0.4) is 0 Å². The molecule has 4 atom stereocenters. The predicted molar refractivity (Wildman–Crippen MR) is 149 cm³/mol. The third-order valence-electron chi connectivity index (χ3n) is 5.88. The predicted octanol–water partition coefficient (Wildman–Crippen LogP) is 0.729. The summed E-state index contributed by atoms with van der Waals surface area (Å²) in [5, 5.41) is 27.1. The Morgan fingerprint density at radius 1 is 0.895 bits per heavy atom. The van der Waals surface area contributed by atoms with Crippen LogP contribution >= 0.6 is 11.8 Å². The van der Waals surface area contributed by atoms with E-state index in [1.807, 2.05) is 20.1 Å². The molecule has 0 bridgehead atoms.